The van der Waals surface area contributed by atoms with Gasteiger partial charge in [0.25, 0.3) is 0 Å². The van der Waals surface area contributed by atoms with E-state index in [2.05, 4.69) is 5.32 Å². The van der Waals surface area contributed by atoms with E-state index in [1.54, 1.807) is 0 Å². The molecule has 0 amide bonds. The van der Waals surface area contributed by atoms with Gasteiger partial charge in [-0.05, 0) is 12.8 Å². The van der Waals surface area contributed by atoms with Gasteiger partial charge in [-0.25, -0.2) is 4.39 Å². The Morgan fingerprint density at radius 2 is 1.95 bits per heavy atom. The second-order valence-corrected chi connectivity index (χ2v) is 4.07. The summed E-state index contributed by atoms with van der Waals surface area (Å²) in [5, 5.41) is 2.86. The molecule has 0 aliphatic rings. The first kappa shape index (κ1) is 15.4. The average Bonchev–Trinajstić information content (AvgIpc) is 2.29. The minimum absolute atomic E-state index is 0.0343. The Kier molecular flexibility index (Phi) is 5.26. The number of nitrogen functional groups attached to an aromatic ring is 1. The van der Waals surface area contributed by atoms with E-state index in [0.29, 0.717) is 18.7 Å². The summed E-state index contributed by atoms with van der Waals surface area (Å²) in [6.07, 6.45) is -4.55. The lowest BCUT2D eigenvalue weighted by Crippen LogP contribution is -2.09. The standard InChI is InChI=1S/C12H16F4N2O/c1-19-11-7-10(9(17)6-8(11)13)18-5-3-2-4-12(14,15)16/h6-7,18H,2-5,17H2,1H3. The van der Waals surface area contributed by atoms with Gasteiger partial charge in [-0.1, -0.05) is 0 Å². The van der Waals surface area contributed by atoms with Gasteiger partial charge in [0.05, 0.1) is 18.5 Å². The summed E-state index contributed by atoms with van der Waals surface area (Å²) in [6, 6.07) is 2.49. The zero-order chi connectivity index (χ0) is 14.5. The molecule has 0 aliphatic heterocycles. The number of nitrogens with one attached hydrogen (secondary N) is 1. The molecule has 0 bridgehead atoms. The van der Waals surface area contributed by atoms with Crippen LogP contribution in [-0.2, 0) is 0 Å². The molecule has 0 spiro atoms. The summed E-state index contributed by atoms with van der Waals surface area (Å²) in [6.45, 7) is 0.328. The van der Waals surface area contributed by atoms with Crippen molar-refractivity contribution in [1.82, 2.24) is 0 Å². The predicted molar refractivity (Wildman–Crippen MR) is 65.8 cm³/mol. The van der Waals surface area contributed by atoms with Gasteiger partial charge in [0.15, 0.2) is 11.6 Å². The largest absolute Gasteiger partial charge is 0.494 e. The number of hydrogen-bond acceptors (Lipinski definition) is 3. The van der Waals surface area contributed by atoms with Crippen LogP contribution in [0.1, 0.15) is 19.3 Å². The van der Waals surface area contributed by atoms with Crippen molar-refractivity contribution in [2.45, 2.75) is 25.4 Å². The topological polar surface area (TPSA) is 47.3 Å². The van der Waals surface area contributed by atoms with Crippen molar-refractivity contribution in [2.24, 2.45) is 0 Å². The highest BCUT2D eigenvalue weighted by atomic mass is 19.4. The zero-order valence-electron chi connectivity index (χ0n) is 10.5. The van der Waals surface area contributed by atoms with Gasteiger partial charge < -0.3 is 15.8 Å². The van der Waals surface area contributed by atoms with Gasteiger partial charge in [0.2, 0.25) is 0 Å². The summed E-state index contributed by atoms with van der Waals surface area (Å²) in [7, 11) is 1.32. The van der Waals surface area contributed by atoms with Crippen LogP contribution in [0.15, 0.2) is 12.1 Å². The molecule has 0 atom stereocenters. The molecule has 0 aliphatic carbocycles. The van der Waals surface area contributed by atoms with Gasteiger partial charge in [-0.2, -0.15) is 13.2 Å². The van der Waals surface area contributed by atoms with Crippen LogP contribution in [0.2, 0.25) is 0 Å². The van der Waals surface area contributed by atoms with Crippen LogP contribution < -0.4 is 15.8 Å². The Hall–Kier alpha value is -1.66. The van der Waals surface area contributed by atoms with E-state index in [9.17, 15) is 17.6 Å². The molecule has 0 saturated carbocycles. The monoisotopic (exact) mass is 280 g/mol. The number of halogens is 4. The normalized spacial score (nSPS) is 11.4. The number of benzene rings is 1. The van der Waals surface area contributed by atoms with Gasteiger partial charge in [-0.15, -0.1) is 0 Å². The highest BCUT2D eigenvalue weighted by molar-refractivity contribution is 5.68. The molecule has 0 saturated heterocycles. The summed E-state index contributed by atoms with van der Waals surface area (Å²) in [4.78, 5) is 0. The van der Waals surface area contributed by atoms with Gasteiger partial charge in [0, 0.05) is 25.1 Å². The minimum atomic E-state index is -4.13. The van der Waals surface area contributed by atoms with Crippen LogP contribution in [0.3, 0.4) is 0 Å². The van der Waals surface area contributed by atoms with Crippen LogP contribution in [0, 0.1) is 5.82 Å². The predicted octanol–water partition coefficient (Wildman–Crippen LogP) is 3.56. The van der Waals surface area contributed by atoms with Gasteiger partial charge in [-0.3, -0.25) is 0 Å². The van der Waals surface area contributed by atoms with E-state index in [-0.39, 0.29) is 17.9 Å². The van der Waals surface area contributed by atoms with Crippen molar-refractivity contribution in [2.75, 3.05) is 24.7 Å². The van der Waals surface area contributed by atoms with E-state index in [1.165, 1.54) is 13.2 Å². The molecule has 1 aromatic carbocycles. The average molecular weight is 280 g/mol. The lowest BCUT2D eigenvalue weighted by molar-refractivity contribution is -0.135. The SMILES string of the molecule is COc1cc(NCCCCC(F)(F)F)c(N)cc1F. The molecule has 0 radical (unpaired) electrons. The fourth-order valence-corrected chi connectivity index (χ4v) is 1.55. The highest BCUT2D eigenvalue weighted by Crippen LogP contribution is 2.28. The Morgan fingerprint density at radius 1 is 1.26 bits per heavy atom. The van der Waals surface area contributed by atoms with Crippen molar-refractivity contribution >= 4 is 11.4 Å². The van der Waals surface area contributed by atoms with Crippen molar-refractivity contribution in [1.29, 1.82) is 0 Å². The van der Waals surface area contributed by atoms with E-state index in [1.807, 2.05) is 0 Å². The molecule has 0 fully saturated rings. The summed E-state index contributed by atoms with van der Waals surface area (Å²) < 4.78 is 53.8. The third-order valence-corrected chi connectivity index (χ3v) is 2.53. The summed E-state index contributed by atoms with van der Waals surface area (Å²) in [5.41, 5.74) is 6.23. The lowest BCUT2D eigenvalue weighted by atomic mass is 10.2. The fourth-order valence-electron chi connectivity index (χ4n) is 1.55. The number of hydrogen-bond donors (Lipinski definition) is 2. The molecule has 108 valence electrons. The van der Waals surface area contributed by atoms with Crippen molar-refractivity contribution in [3.05, 3.63) is 17.9 Å². The van der Waals surface area contributed by atoms with Crippen LogP contribution in [0.5, 0.6) is 5.75 Å². The third kappa shape index (κ3) is 5.23. The Morgan fingerprint density at radius 3 is 2.53 bits per heavy atom. The quantitative estimate of drug-likeness (QED) is 0.476. The maximum Gasteiger partial charge on any atom is 0.389 e. The summed E-state index contributed by atoms with van der Waals surface area (Å²) >= 11 is 0. The van der Waals surface area contributed by atoms with E-state index < -0.39 is 18.4 Å². The first-order valence-electron chi connectivity index (χ1n) is 5.77. The van der Waals surface area contributed by atoms with Gasteiger partial charge in [0.1, 0.15) is 0 Å². The Bertz CT molecular complexity index is 421. The lowest BCUT2D eigenvalue weighted by Gasteiger charge is -2.12. The van der Waals surface area contributed by atoms with Crippen LogP contribution in [0.4, 0.5) is 28.9 Å². The van der Waals surface area contributed by atoms with Crippen LogP contribution in [-0.4, -0.2) is 19.8 Å². The zero-order valence-corrected chi connectivity index (χ0v) is 10.5. The number of anilines is 2. The molecule has 3 N–H and O–H groups in total. The van der Waals surface area contributed by atoms with Crippen LogP contribution in [0.25, 0.3) is 0 Å². The third-order valence-electron chi connectivity index (χ3n) is 2.53. The Labute approximate surface area is 108 Å². The number of unbranched alkanes of at least 4 members (excludes halogenated alkanes) is 1. The van der Waals surface area contributed by atoms with E-state index in [4.69, 9.17) is 10.5 Å². The molecule has 0 heterocycles. The van der Waals surface area contributed by atoms with Gasteiger partial charge >= 0.3 is 6.18 Å². The molecule has 0 aromatic heterocycles. The first-order chi connectivity index (χ1) is 8.83. The molecule has 19 heavy (non-hydrogen) atoms. The molecule has 1 aromatic rings. The maximum absolute atomic E-state index is 13.2. The number of ether oxygens (including phenoxy) is 1. The van der Waals surface area contributed by atoms with E-state index in [0.717, 1.165) is 6.07 Å². The minimum Gasteiger partial charge on any atom is -0.494 e. The molecule has 7 heteroatoms. The second kappa shape index (κ2) is 6.49. The number of alkyl halides is 3. The van der Waals surface area contributed by atoms with Crippen molar-refractivity contribution in [3.8, 4) is 5.75 Å². The molecule has 3 nitrogen and oxygen atoms in total. The highest BCUT2D eigenvalue weighted by Gasteiger charge is 2.25. The molecule has 0 unspecified atom stereocenters. The maximum atomic E-state index is 13.2. The number of rotatable bonds is 6. The fraction of sp³-hybridized carbons (Fsp3) is 0.500. The smallest absolute Gasteiger partial charge is 0.389 e. The molecule has 1 rings (SSSR count). The first-order valence-corrected chi connectivity index (χ1v) is 5.77. The Balaban J connectivity index is 2.45. The number of methoxy groups -OCH3 is 1. The molecular formula is C12H16F4N2O. The van der Waals surface area contributed by atoms with Crippen LogP contribution >= 0.6 is 0 Å². The van der Waals surface area contributed by atoms with Crippen molar-refractivity contribution in [3.63, 3.8) is 0 Å². The second-order valence-electron chi connectivity index (χ2n) is 4.07. The van der Waals surface area contributed by atoms with Crippen molar-refractivity contribution < 1.29 is 22.3 Å². The summed E-state index contributed by atoms with van der Waals surface area (Å²) in [5.74, 6) is -0.547. The van der Waals surface area contributed by atoms with E-state index >= 15 is 0 Å². The molecular weight excluding hydrogens is 264 g/mol. The number of nitrogens with two attached hydrogens (primary N) is 1.